The van der Waals surface area contributed by atoms with Crippen LogP contribution in [0.2, 0.25) is 0 Å². The van der Waals surface area contributed by atoms with Gasteiger partial charge in [0.2, 0.25) is 0 Å². The molecule has 4 rings (SSSR count). The SMILES string of the molecule is CC1(C)O[C@H]2[C@@H](OC(=O)c3ccccc3)[C@@H](OC(=O)c3ccccc3)[C@H](O)[C@@H](O)[C@@H]2O1. The Morgan fingerprint density at radius 1 is 0.742 bits per heavy atom. The van der Waals surface area contributed by atoms with E-state index in [4.69, 9.17) is 18.9 Å². The number of rotatable bonds is 4. The van der Waals surface area contributed by atoms with Gasteiger partial charge in [-0.3, -0.25) is 0 Å². The van der Waals surface area contributed by atoms with Crippen molar-refractivity contribution in [2.75, 3.05) is 0 Å². The van der Waals surface area contributed by atoms with Crippen LogP contribution in [0.15, 0.2) is 60.7 Å². The van der Waals surface area contributed by atoms with Crippen LogP contribution in [0.25, 0.3) is 0 Å². The number of benzene rings is 2. The molecule has 2 aromatic rings. The maximum absolute atomic E-state index is 12.7. The fourth-order valence-corrected chi connectivity index (χ4v) is 3.91. The van der Waals surface area contributed by atoms with Gasteiger partial charge >= 0.3 is 11.9 Å². The number of hydrogen-bond donors (Lipinski definition) is 2. The number of carbonyl (C=O) groups excluding carboxylic acids is 2. The lowest BCUT2D eigenvalue weighted by molar-refractivity contribution is -0.193. The Balaban J connectivity index is 1.64. The summed E-state index contributed by atoms with van der Waals surface area (Å²) in [5.74, 6) is -2.50. The number of ether oxygens (including phenoxy) is 4. The molecule has 0 spiro atoms. The van der Waals surface area contributed by atoms with Crippen molar-refractivity contribution in [2.45, 2.75) is 56.3 Å². The summed E-state index contributed by atoms with van der Waals surface area (Å²) in [6, 6.07) is 16.5. The summed E-state index contributed by atoms with van der Waals surface area (Å²) in [5.41, 5.74) is 0.536. The van der Waals surface area contributed by atoms with Crippen LogP contribution in [0.3, 0.4) is 0 Å². The molecule has 6 atom stereocenters. The smallest absolute Gasteiger partial charge is 0.338 e. The Morgan fingerprint density at radius 2 is 1.19 bits per heavy atom. The van der Waals surface area contributed by atoms with Crippen LogP contribution >= 0.6 is 0 Å². The molecule has 2 aromatic carbocycles. The summed E-state index contributed by atoms with van der Waals surface area (Å²) in [7, 11) is 0. The van der Waals surface area contributed by atoms with Crippen molar-refractivity contribution in [3.8, 4) is 0 Å². The number of hydrogen-bond acceptors (Lipinski definition) is 8. The van der Waals surface area contributed by atoms with Crippen LogP contribution in [-0.4, -0.2) is 64.6 Å². The minimum Gasteiger partial charge on any atom is -0.452 e. The van der Waals surface area contributed by atoms with E-state index in [0.717, 1.165) is 0 Å². The van der Waals surface area contributed by atoms with Gasteiger partial charge in [-0.15, -0.1) is 0 Å². The van der Waals surface area contributed by atoms with Crippen LogP contribution in [0.1, 0.15) is 34.6 Å². The maximum Gasteiger partial charge on any atom is 0.338 e. The van der Waals surface area contributed by atoms with Crippen molar-refractivity contribution >= 4 is 11.9 Å². The monoisotopic (exact) mass is 428 g/mol. The van der Waals surface area contributed by atoms with Gasteiger partial charge in [0.1, 0.15) is 24.4 Å². The highest BCUT2D eigenvalue weighted by Gasteiger charge is 2.60. The van der Waals surface area contributed by atoms with Crippen molar-refractivity contribution in [3.63, 3.8) is 0 Å². The second kappa shape index (κ2) is 8.39. The van der Waals surface area contributed by atoms with Gasteiger partial charge in [-0.2, -0.15) is 0 Å². The second-order valence-corrected chi connectivity index (χ2v) is 8.02. The van der Waals surface area contributed by atoms with Gasteiger partial charge < -0.3 is 29.2 Å². The summed E-state index contributed by atoms with van der Waals surface area (Å²) < 4.78 is 22.8. The van der Waals surface area contributed by atoms with Crippen LogP contribution < -0.4 is 0 Å². The third-order valence-electron chi connectivity index (χ3n) is 5.34. The van der Waals surface area contributed by atoms with E-state index in [9.17, 15) is 19.8 Å². The molecule has 2 fully saturated rings. The van der Waals surface area contributed by atoms with E-state index in [1.54, 1.807) is 74.5 Å². The standard InChI is InChI=1S/C23H24O8/c1-23(2)30-18-16(25)15(24)17(28-21(26)13-9-5-3-6-10-13)19(20(18)31-23)29-22(27)14-11-7-4-8-12-14/h3-12,15-20,24-25H,1-2H3/t15-,16-,17+,18+,19+,20-/m1/s1. The molecule has 0 aromatic heterocycles. The van der Waals surface area contributed by atoms with Crippen molar-refractivity contribution in [2.24, 2.45) is 0 Å². The molecule has 2 aliphatic rings. The number of carbonyl (C=O) groups is 2. The number of fused-ring (bicyclic) bond motifs is 1. The molecular formula is C23H24O8. The third-order valence-corrected chi connectivity index (χ3v) is 5.34. The summed E-state index contributed by atoms with van der Waals surface area (Å²) in [5, 5.41) is 21.4. The second-order valence-electron chi connectivity index (χ2n) is 8.02. The predicted molar refractivity (Wildman–Crippen MR) is 107 cm³/mol. The average Bonchev–Trinajstić information content (AvgIpc) is 3.10. The molecule has 1 aliphatic carbocycles. The molecule has 31 heavy (non-hydrogen) atoms. The van der Waals surface area contributed by atoms with Crippen molar-refractivity contribution in [1.29, 1.82) is 0 Å². The van der Waals surface area contributed by atoms with Crippen molar-refractivity contribution in [3.05, 3.63) is 71.8 Å². The Morgan fingerprint density at radius 3 is 1.71 bits per heavy atom. The fourth-order valence-electron chi connectivity index (χ4n) is 3.91. The summed E-state index contributed by atoms with van der Waals surface area (Å²) >= 11 is 0. The summed E-state index contributed by atoms with van der Waals surface area (Å²) in [6.45, 7) is 3.29. The van der Waals surface area contributed by atoms with E-state index >= 15 is 0 Å². The quantitative estimate of drug-likeness (QED) is 0.708. The molecule has 0 bridgehead atoms. The van der Waals surface area contributed by atoms with Gasteiger partial charge in [0.15, 0.2) is 18.0 Å². The lowest BCUT2D eigenvalue weighted by Gasteiger charge is -2.42. The molecule has 0 radical (unpaired) electrons. The van der Waals surface area contributed by atoms with E-state index in [0.29, 0.717) is 0 Å². The largest absolute Gasteiger partial charge is 0.452 e. The Bertz CT molecular complexity index is 929. The molecule has 1 saturated heterocycles. The summed E-state index contributed by atoms with van der Waals surface area (Å²) in [6.07, 6.45) is -7.45. The molecular weight excluding hydrogens is 404 g/mol. The third kappa shape index (κ3) is 4.33. The normalized spacial score (nSPS) is 31.5. The van der Waals surface area contributed by atoms with E-state index < -0.39 is 54.3 Å². The van der Waals surface area contributed by atoms with Gasteiger partial charge in [0.25, 0.3) is 0 Å². The molecule has 1 heterocycles. The average molecular weight is 428 g/mol. The highest BCUT2D eigenvalue weighted by Crippen LogP contribution is 2.40. The Hall–Kier alpha value is -2.78. The molecule has 2 N–H and O–H groups in total. The topological polar surface area (TPSA) is 112 Å². The van der Waals surface area contributed by atoms with Crippen molar-refractivity contribution in [1.82, 2.24) is 0 Å². The Labute approximate surface area is 179 Å². The molecule has 164 valence electrons. The van der Waals surface area contributed by atoms with Crippen LogP contribution in [-0.2, 0) is 18.9 Å². The van der Waals surface area contributed by atoms with E-state index in [1.165, 1.54) is 0 Å². The predicted octanol–water partition coefficient (Wildman–Crippen LogP) is 1.69. The minimum atomic E-state index is -1.56. The molecule has 1 saturated carbocycles. The molecule has 1 aliphatic heterocycles. The van der Waals surface area contributed by atoms with E-state index in [1.807, 2.05) is 0 Å². The zero-order valence-electron chi connectivity index (χ0n) is 17.1. The molecule has 8 nitrogen and oxygen atoms in total. The van der Waals surface area contributed by atoms with E-state index in [2.05, 4.69) is 0 Å². The van der Waals surface area contributed by atoms with Gasteiger partial charge in [0, 0.05) is 0 Å². The van der Waals surface area contributed by atoms with Gasteiger partial charge in [0.05, 0.1) is 11.1 Å². The molecule has 0 unspecified atom stereocenters. The van der Waals surface area contributed by atoms with Crippen LogP contribution in [0.4, 0.5) is 0 Å². The van der Waals surface area contributed by atoms with E-state index in [-0.39, 0.29) is 11.1 Å². The van der Waals surface area contributed by atoms with Gasteiger partial charge in [-0.1, -0.05) is 36.4 Å². The molecule has 0 amide bonds. The van der Waals surface area contributed by atoms with Crippen LogP contribution in [0, 0.1) is 0 Å². The zero-order chi connectivity index (χ0) is 22.2. The highest BCUT2D eigenvalue weighted by atomic mass is 16.8. The number of aliphatic hydroxyl groups excluding tert-OH is 2. The van der Waals surface area contributed by atoms with Gasteiger partial charge in [-0.05, 0) is 38.1 Å². The Kier molecular flexibility index (Phi) is 5.81. The maximum atomic E-state index is 12.7. The first-order valence-corrected chi connectivity index (χ1v) is 10.0. The lowest BCUT2D eigenvalue weighted by atomic mass is 9.84. The molecule has 8 heteroatoms. The fraction of sp³-hybridized carbons (Fsp3) is 0.391. The lowest BCUT2D eigenvalue weighted by Crippen LogP contribution is -2.64. The highest BCUT2D eigenvalue weighted by molar-refractivity contribution is 5.90. The zero-order valence-corrected chi connectivity index (χ0v) is 17.1. The van der Waals surface area contributed by atoms with Gasteiger partial charge in [-0.25, -0.2) is 9.59 Å². The number of esters is 2. The summed E-state index contributed by atoms with van der Waals surface area (Å²) in [4.78, 5) is 25.4. The number of aliphatic hydroxyl groups is 2. The minimum absolute atomic E-state index is 0.253. The van der Waals surface area contributed by atoms with Crippen LogP contribution in [0.5, 0.6) is 0 Å². The first-order chi connectivity index (χ1) is 14.8. The van der Waals surface area contributed by atoms with Crippen molar-refractivity contribution < 1.29 is 38.7 Å². The first-order valence-electron chi connectivity index (χ1n) is 10.0. The first kappa shape index (κ1) is 21.5.